The van der Waals surface area contributed by atoms with Crippen molar-refractivity contribution in [3.05, 3.63) is 130 Å². The van der Waals surface area contributed by atoms with E-state index in [9.17, 15) is 13.2 Å². The van der Waals surface area contributed by atoms with E-state index in [1.165, 1.54) is 12.1 Å². The van der Waals surface area contributed by atoms with Crippen molar-refractivity contribution in [3.63, 3.8) is 0 Å². The summed E-state index contributed by atoms with van der Waals surface area (Å²) in [5.74, 6) is 2.23. The maximum atomic E-state index is 13.9. The number of benzene rings is 5. The van der Waals surface area contributed by atoms with Crippen LogP contribution in [0.2, 0.25) is 0 Å². The number of rotatable bonds is 7. The zero-order valence-electron chi connectivity index (χ0n) is 26.3. The summed E-state index contributed by atoms with van der Waals surface area (Å²) in [4.78, 5) is 0. The van der Waals surface area contributed by atoms with Crippen LogP contribution < -0.4 is 14.2 Å². The molecule has 6 heteroatoms. The SMILES string of the molecule is CCCCOc1ccc(C2(c3ccc(OC)cc3)C=Cc3c4c(c5ccccc5c3O2)-c2ccc(C(F)(F)F)cc2C4(C)C)cc1. The highest BCUT2D eigenvalue weighted by molar-refractivity contribution is 6.08. The molecule has 3 nitrogen and oxygen atoms in total. The molecule has 1 heterocycles. The molecule has 5 aromatic carbocycles. The Labute approximate surface area is 267 Å². The Morgan fingerprint density at radius 3 is 2.09 bits per heavy atom. The fraction of sp³-hybridized carbons (Fsp3) is 0.250. The normalized spacial score (nSPS) is 17.6. The summed E-state index contributed by atoms with van der Waals surface area (Å²) >= 11 is 0. The lowest BCUT2D eigenvalue weighted by atomic mass is 9.76. The summed E-state index contributed by atoms with van der Waals surface area (Å²) in [6.07, 6.45) is 1.77. The number of methoxy groups -OCH3 is 1. The second-order valence-corrected chi connectivity index (χ2v) is 12.5. The second-order valence-electron chi connectivity index (χ2n) is 12.5. The Kier molecular flexibility index (Phi) is 7.15. The summed E-state index contributed by atoms with van der Waals surface area (Å²) in [5, 5.41) is 1.85. The fourth-order valence-electron chi connectivity index (χ4n) is 7.06. The van der Waals surface area contributed by atoms with Gasteiger partial charge in [-0.3, -0.25) is 0 Å². The van der Waals surface area contributed by atoms with Gasteiger partial charge in [-0.15, -0.1) is 0 Å². The molecule has 1 atom stereocenters. The number of hydrogen-bond donors (Lipinski definition) is 0. The molecule has 0 radical (unpaired) electrons. The predicted molar refractivity (Wildman–Crippen MR) is 177 cm³/mol. The predicted octanol–water partition coefficient (Wildman–Crippen LogP) is 10.7. The lowest BCUT2D eigenvalue weighted by Crippen LogP contribution is -2.35. The van der Waals surface area contributed by atoms with E-state index < -0.39 is 22.8 Å². The quantitative estimate of drug-likeness (QED) is 0.170. The molecule has 1 aliphatic heterocycles. The zero-order chi connectivity index (χ0) is 32.3. The van der Waals surface area contributed by atoms with E-state index in [1.807, 2.05) is 86.6 Å². The van der Waals surface area contributed by atoms with Gasteiger partial charge < -0.3 is 14.2 Å². The molecule has 1 aliphatic carbocycles. The lowest BCUT2D eigenvalue weighted by Gasteiger charge is -2.38. The number of halogens is 3. The number of ether oxygens (including phenoxy) is 3. The van der Waals surface area contributed by atoms with Gasteiger partial charge in [-0.1, -0.05) is 87.9 Å². The van der Waals surface area contributed by atoms with Crippen LogP contribution in [0, 0.1) is 0 Å². The van der Waals surface area contributed by atoms with Crippen LogP contribution in [0.5, 0.6) is 17.2 Å². The van der Waals surface area contributed by atoms with Gasteiger partial charge in [-0.2, -0.15) is 13.2 Å². The molecule has 7 rings (SSSR count). The first-order chi connectivity index (χ1) is 22.1. The number of hydrogen-bond acceptors (Lipinski definition) is 3. The van der Waals surface area contributed by atoms with Crippen LogP contribution in [-0.2, 0) is 17.2 Å². The van der Waals surface area contributed by atoms with Gasteiger partial charge in [0.05, 0.1) is 19.3 Å². The standard InChI is InChI=1S/C40H35F3O3/c1-5-6-23-45-29-18-13-26(14-19-29)39(25-11-16-28(44-4)17-12-25)22-21-33-36-35(30-9-7-8-10-31(30)37(33)46-39)32-20-15-27(40(41,42)43)24-34(32)38(36,2)3/h7-22,24H,5-6,23H2,1-4H3. The van der Waals surface area contributed by atoms with Crippen molar-refractivity contribution >= 4 is 16.8 Å². The number of alkyl halides is 3. The molecule has 234 valence electrons. The largest absolute Gasteiger partial charge is 0.497 e. The molecule has 0 amide bonds. The van der Waals surface area contributed by atoms with Gasteiger partial charge in [0.1, 0.15) is 17.2 Å². The van der Waals surface area contributed by atoms with Crippen molar-refractivity contribution < 1.29 is 27.4 Å². The number of fused-ring (bicyclic) bond motifs is 8. The Bertz CT molecular complexity index is 1970. The molecule has 0 N–H and O–H groups in total. The van der Waals surface area contributed by atoms with Gasteiger partial charge in [0, 0.05) is 27.5 Å². The molecule has 1 unspecified atom stereocenters. The zero-order valence-corrected chi connectivity index (χ0v) is 26.3. The molecule has 2 aliphatic rings. The van der Waals surface area contributed by atoms with E-state index >= 15 is 0 Å². The van der Waals surface area contributed by atoms with Gasteiger partial charge in [0.15, 0.2) is 5.60 Å². The molecule has 0 aromatic heterocycles. The van der Waals surface area contributed by atoms with E-state index in [4.69, 9.17) is 14.2 Å². The third kappa shape index (κ3) is 4.65. The van der Waals surface area contributed by atoms with Crippen molar-refractivity contribution in [2.24, 2.45) is 0 Å². The summed E-state index contributed by atoms with van der Waals surface area (Å²) in [7, 11) is 1.64. The van der Waals surface area contributed by atoms with Crippen molar-refractivity contribution in [3.8, 4) is 28.4 Å². The third-order valence-electron chi connectivity index (χ3n) is 9.44. The van der Waals surface area contributed by atoms with Crippen LogP contribution in [-0.4, -0.2) is 13.7 Å². The van der Waals surface area contributed by atoms with Gasteiger partial charge in [0.2, 0.25) is 0 Å². The topological polar surface area (TPSA) is 27.7 Å². The molecular formula is C40H35F3O3. The summed E-state index contributed by atoms with van der Waals surface area (Å²) < 4.78 is 60.3. The highest BCUT2D eigenvalue weighted by Crippen LogP contribution is 2.58. The molecule has 0 bridgehead atoms. The minimum atomic E-state index is -4.43. The molecular weight excluding hydrogens is 585 g/mol. The van der Waals surface area contributed by atoms with E-state index in [0.29, 0.717) is 17.9 Å². The van der Waals surface area contributed by atoms with Crippen molar-refractivity contribution in [2.45, 2.75) is 50.8 Å². The van der Waals surface area contributed by atoms with Crippen LogP contribution in [0.1, 0.15) is 67.0 Å². The highest BCUT2D eigenvalue weighted by Gasteiger charge is 2.45. The molecule has 0 spiro atoms. The Balaban J connectivity index is 1.44. The van der Waals surface area contributed by atoms with Gasteiger partial charge >= 0.3 is 6.18 Å². The van der Waals surface area contributed by atoms with Crippen molar-refractivity contribution in [1.29, 1.82) is 0 Å². The first kappa shape index (κ1) is 30.0. The highest BCUT2D eigenvalue weighted by atomic mass is 19.4. The summed E-state index contributed by atoms with van der Waals surface area (Å²) in [5.41, 5.74) is 3.80. The van der Waals surface area contributed by atoms with Crippen LogP contribution in [0.4, 0.5) is 13.2 Å². The van der Waals surface area contributed by atoms with Gasteiger partial charge in [-0.25, -0.2) is 0 Å². The first-order valence-electron chi connectivity index (χ1n) is 15.7. The van der Waals surface area contributed by atoms with Crippen LogP contribution >= 0.6 is 0 Å². The second kappa shape index (κ2) is 11.0. The lowest BCUT2D eigenvalue weighted by molar-refractivity contribution is -0.137. The number of unbranched alkanes of at least 4 members (excludes halogenated alkanes) is 1. The van der Waals surface area contributed by atoms with Gasteiger partial charge in [-0.05, 0) is 76.5 Å². The Morgan fingerprint density at radius 2 is 1.46 bits per heavy atom. The summed E-state index contributed by atoms with van der Waals surface area (Å²) in [6.45, 7) is 6.80. The van der Waals surface area contributed by atoms with Crippen molar-refractivity contribution in [1.82, 2.24) is 0 Å². The van der Waals surface area contributed by atoms with Crippen molar-refractivity contribution in [2.75, 3.05) is 13.7 Å². The van der Waals surface area contributed by atoms with E-state index in [-0.39, 0.29) is 0 Å². The van der Waals surface area contributed by atoms with Crippen LogP contribution in [0.15, 0.2) is 97.1 Å². The summed E-state index contributed by atoms with van der Waals surface area (Å²) in [6, 6.07) is 28.0. The van der Waals surface area contributed by atoms with Gasteiger partial charge in [0.25, 0.3) is 0 Å². The maximum absolute atomic E-state index is 13.9. The molecule has 5 aromatic rings. The maximum Gasteiger partial charge on any atom is 0.416 e. The van der Waals surface area contributed by atoms with E-state index in [1.54, 1.807) is 13.2 Å². The fourth-order valence-corrected chi connectivity index (χ4v) is 7.06. The molecule has 0 saturated carbocycles. The average Bonchev–Trinajstić information content (AvgIpc) is 3.31. The smallest absolute Gasteiger partial charge is 0.416 e. The third-order valence-corrected chi connectivity index (χ3v) is 9.44. The molecule has 0 fully saturated rings. The Hall–Kier alpha value is -4.71. The minimum absolute atomic E-state index is 0.641. The van der Waals surface area contributed by atoms with E-state index in [2.05, 4.69) is 19.1 Å². The average molecular weight is 621 g/mol. The monoisotopic (exact) mass is 620 g/mol. The minimum Gasteiger partial charge on any atom is -0.497 e. The van der Waals surface area contributed by atoms with Crippen LogP contribution in [0.25, 0.3) is 28.0 Å². The Morgan fingerprint density at radius 1 is 0.804 bits per heavy atom. The molecule has 46 heavy (non-hydrogen) atoms. The van der Waals surface area contributed by atoms with Crippen LogP contribution in [0.3, 0.4) is 0 Å². The van der Waals surface area contributed by atoms with E-state index in [0.717, 1.165) is 68.5 Å². The first-order valence-corrected chi connectivity index (χ1v) is 15.7. The molecule has 0 saturated heterocycles.